The molecule has 0 atom stereocenters. The first-order valence-corrected chi connectivity index (χ1v) is 14.4. The number of aromatic hydroxyl groups is 1. The summed E-state index contributed by atoms with van der Waals surface area (Å²) in [6, 6.07) is 20.2. The molecule has 0 bridgehead atoms. The second-order valence-electron chi connectivity index (χ2n) is 10.8. The molecule has 0 spiro atoms. The van der Waals surface area contributed by atoms with Gasteiger partial charge < -0.3 is 35.4 Å². The van der Waals surface area contributed by atoms with Crippen molar-refractivity contribution in [2.75, 3.05) is 54.3 Å². The molecule has 226 valence electrons. The normalized spacial score (nSPS) is 13.9. The first-order chi connectivity index (χ1) is 21.3. The van der Waals surface area contributed by atoms with E-state index in [0.29, 0.717) is 28.9 Å². The van der Waals surface area contributed by atoms with E-state index in [1.54, 1.807) is 12.1 Å². The number of carbonyl (C=O) groups is 1. The van der Waals surface area contributed by atoms with Crippen LogP contribution in [0.25, 0.3) is 11.1 Å². The average molecular weight is 596 g/mol. The lowest BCUT2D eigenvalue weighted by atomic mass is 9.95. The Morgan fingerprint density at radius 3 is 2.55 bits per heavy atom. The van der Waals surface area contributed by atoms with Crippen molar-refractivity contribution < 1.29 is 24.3 Å². The van der Waals surface area contributed by atoms with Crippen molar-refractivity contribution in [3.05, 3.63) is 93.5 Å². The van der Waals surface area contributed by atoms with Gasteiger partial charge in [-0.25, -0.2) is 0 Å². The Hall–Kier alpha value is -5.29. The highest BCUT2D eigenvalue weighted by Crippen LogP contribution is 2.43. The molecule has 11 heteroatoms. The smallest absolute Gasteiger partial charge is 0.310 e. The molecule has 1 fully saturated rings. The fraction of sp³-hybridized carbons (Fsp3) is 0.242. The molecule has 6 rings (SSSR count). The molecule has 2 aliphatic heterocycles. The SMILES string of the molecule is COc1cc(-c2cc3c(c(O)c2C)CNc2cc(CC(=O)Nc4ccc(N5CCOCC5)cc4)ccc2N3)ccc1[N+](=O)[O-]. The number of rotatable bonds is 7. The van der Waals surface area contributed by atoms with Crippen LogP contribution < -0.4 is 25.6 Å². The van der Waals surface area contributed by atoms with Crippen molar-refractivity contribution in [1.29, 1.82) is 0 Å². The lowest BCUT2D eigenvalue weighted by Crippen LogP contribution is -2.36. The number of benzene rings is 4. The standard InChI is InChI=1S/C33H33N5O6/c1-20-25(22-4-10-30(38(41)42)31(17-22)43-2)18-28-26(33(20)40)19-34-29-15-21(3-9-27(29)36-28)16-32(39)35-23-5-7-24(8-6-23)37-11-13-44-14-12-37/h3-10,15,17-18,34,36,40H,11-14,16,19H2,1-2H3,(H,35,39). The zero-order chi connectivity index (χ0) is 30.8. The number of anilines is 5. The summed E-state index contributed by atoms with van der Waals surface area (Å²) in [5.41, 5.74) is 7.59. The molecule has 0 radical (unpaired) electrons. The quantitative estimate of drug-likeness (QED) is 0.150. The van der Waals surface area contributed by atoms with Crippen LogP contribution in [0, 0.1) is 17.0 Å². The lowest BCUT2D eigenvalue weighted by Gasteiger charge is -2.28. The fourth-order valence-electron chi connectivity index (χ4n) is 5.66. The highest BCUT2D eigenvalue weighted by atomic mass is 16.6. The molecule has 2 heterocycles. The van der Waals surface area contributed by atoms with E-state index in [1.165, 1.54) is 13.2 Å². The topological polar surface area (TPSA) is 138 Å². The Bertz CT molecular complexity index is 1730. The third-order valence-corrected chi connectivity index (χ3v) is 8.05. The number of nitrogens with zero attached hydrogens (tertiary/aromatic N) is 2. The number of hydrogen-bond acceptors (Lipinski definition) is 9. The van der Waals surface area contributed by atoms with Crippen LogP contribution >= 0.6 is 0 Å². The number of fused-ring (bicyclic) bond motifs is 2. The summed E-state index contributed by atoms with van der Waals surface area (Å²) >= 11 is 0. The summed E-state index contributed by atoms with van der Waals surface area (Å²) in [5, 5.41) is 32.3. The predicted molar refractivity (Wildman–Crippen MR) is 170 cm³/mol. The number of nitrogens with one attached hydrogen (secondary N) is 3. The van der Waals surface area contributed by atoms with E-state index in [1.807, 2.05) is 55.5 Å². The fourth-order valence-corrected chi connectivity index (χ4v) is 5.66. The lowest BCUT2D eigenvalue weighted by molar-refractivity contribution is -0.385. The first-order valence-electron chi connectivity index (χ1n) is 14.4. The average Bonchev–Trinajstić information content (AvgIpc) is 3.22. The van der Waals surface area contributed by atoms with Gasteiger partial charge in [0.15, 0.2) is 5.75 Å². The number of nitro groups is 1. The summed E-state index contributed by atoms with van der Waals surface area (Å²) in [6.07, 6.45) is 0.198. The zero-order valence-corrected chi connectivity index (χ0v) is 24.5. The van der Waals surface area contributed by atoms with Gasteiger partial charge in [0.2, 0.25) is 5.91 Å². The van der Waals surface area contributed by atoms with Crippen LogP contribution in [0.5, 0.6) is 11.5 Å². The number of hydrogen-bond donors (Lipinski definition) is 4. The number of nitro benzene ring substituents is 1. The second-order valence-corrected chi connectivity index (χ2v) is 10.8. The number of amides is 1. The second kappa shape index (κ2) is 12.1. The number of methoxy groups -OCH3 is 1. The van der Waals surface area contributed by atoms with Gasteiger partial charge in [0.05, 0.1) is 43.0 Å². The molecule has 11 nitrogen and oxygen atoms in total. The summed E-state index contributed by atoms with van der Waals surface area (Å²) in [7, 11) is 1.39. The van der Waals surface area contributed by atoms with Gasteiger partial charge in [-0.2, -0.15) is 0 Å². The van der Waals surface area contributed by atoms with Gasteiger partial charge in [-0.05, 0) is 83.8 Å². The first kappa shape index (κ1) is 28.8. The molecule has 0 unspecified atom stereocenters. The molecular weight excluding hydrogens is 562 g/mol. The van der Waals surface area contributed by atoms with Crippen LogP contribution in [0.1, 0.15) is 16.7 Å². The molecule has 2 aliphatic rings. The van der Waals surface area contributed by atoms with E-state index in [2.05, 4.69) is 20.9 Å². The van der Waals surface area contributed by atoms with Crippen molar-refractivity contribution in [1.82, 2.24) is 0 Å². The summed E-state index contributed by atoms with van der Waals surface area (Å²) in [6.45, 7) is 5.31. The van der Waals surface area contributed by atoms with E-state index < -0.39 is 4.92 Å². The van der Waals surface area contributed by atoms with Crippen molar-refractivity contribution in [3.8, 4) is 22.6 Å². The third-order valence-electron chi connectivity index (χ3n) is 8.05. The number of phenolic OH excluding ortho intramolecular Hbond substituents is 1. The molecule has 4 aromatic rings. The van der Waals surface area contributed by atoms with Gasteiger partial charge in [-0.15, -0.1) is 0 Å². The van der Waals surface area contributed by atoms with Crippen molar-refractivity contribution >= 4 is 40.0 Å². The van der Waals surface area contributed by atoms with Crippen molar-refractivity contribution in [2.24, 2.45) is 0 Å². The molecule has 44 heavy (non-hydrogen) atoms. The summed E-state index contributed by atoms with van der Waals surface area (Å²) in [4.78, 5) is 26.0. The minimum Gasteiger partial charge on any atom is -0.507 e. The van der Waals surface area contributed by atoms with E-state index in [9.17, 15) is 20.0 Å². The van der Waals surface area contributed by atoms with E-state index in [4.69, 9.17) is 9.47 Å². The zero-order valence-electron chi connectivity index (χ0n) is 24.5. The van der Waals surface area contributed by atoms with Crippen molar-refractivity contribution in [3.63, 3.8) is 0 Å². The molecule has 0 aromatic heterocycles. The van der Waals surface area contributed by atoms with Crippen LogP contribution in [0.2, 0.25) is 0 Å². The monoisotopic (exact) mass is 595 g/mol. The van der Waals surface area contributed by atoms with E-state index in [-0.39, 0.29) is 29.5 Å². The third kappa shape index (κ3) is 5.82. The Balaban J connectivity index is 1.18. The Morgan fingerprint density at radius 2 is 1.82 bits per heavy atom. The summed E-state index contributed by atoms with van der Waals surface area (Å²) < 4.78 is 10.7. The van der Waals surface area contributed by atoms with E-state index in [0.717, 1.165) is 60.2 Å². The molecule has 0 saturated carbocycles. The van der Waals surface area contributed by atoms with Gasteiger partial charge in [0.25, 0.3) is 0 Å². The minimum atomic E-state index is -0.490. The molecule has 1 saturated heterocycles. The predicted octanol–water partition coefficient (Wildman–Crippen LogP) is 5.97. The van der Waals surface area contributed by atoms with Gasteiger partial charge in [0, 0.05) is 48.3 Å². The maximum absolute atomic E-state index is 12.9. The number of ether oxygens (including phenoxy) is 2. The van der Waals surface area contributed by atoms with Crippen LogP contribution in [0.4, 0.5) is 34.1 Å². The molecule has 4 N–H and O–H groups in total. The number of phenols is 1. The van der Waals surface area contributed by atoms with E-state index >= 15 is 0 Å². The van der Waals surface area contributed by atoms with Crippen LogP contribution in [-0.2, 0) is 22.5 Å². The maximum atomic E-state index is 12.9. The number of carbonyl (C=O) groups excluding carboxylic acids is 1. The maximum Gasteiger partial charge on any atom is 0.310 e. The Kier molecular flexibility index (Phi) is 7.95. The van der Waals surface area contributed by atoms with Gasteiger partial charge in [-0.3, -0.25) is 14.9 Å². The largest absolute Gasteiger partial charge is 0.507 e. The minimum absolute atomic E-state index is 0.120. The van der Waals surface area contributed by atoms with Gasteiger partial charge in [-0.1, -0.05) is 6.07 Å². The van der Waals surface area contributed by atoms with Gasteiger partial charge >= 0.3 is 5.69 Å². The Labute approximate surface area is 254 Å². The molecule has 0 aliphatic carbocycles. The van der Waals surface area contributed by atoms with Gasteiger partial charge in [0.1, 0.15) is 5.75 Å². The van der Waals surface area contributed by atoms with Crippen LogP contribution in [0.15, 0.2) is 66.7 Å². The highest BCUT2D eigenvalue weighted by molar-refractivity contribution is 5.93. The van der Waals surface area contributed by atoms with Crippen LogP contribution in [-0.4, -0.2) is 49.4 Å². The summed E-state index contributed by atoms with van der Waals surface area (Å²) in [5.74, 6) is 0.148. The van der Waals surface area contributed by atoms with Crippen molar-refractivity contribution in [2.45, 2.75) is 19.9 Å². The highest BCUT2D eigenvalue weighted by Gasteiger charge is 2.22. The molecule has 4 aromatic carbocycles. The Morgan fingerprint density at radius 1 is 1.05 bits per heavy atom. The molecule has 1 amide bonds. The molecular formula is C33H33N5O6. The van der Waals surface area contributed by atoms with Crippen LogP contribution in [0.3, 0.4) is 0 Å². The number of morpholine rings is 1.